The first kappa shape index (κ1) is 15.4. The molecular weight excluding hydrogens is 279 g/mol. The molecule has 0 saturated carbocycles. The second-order valence-corrected chi connectivity index (χ2v) is 4.94. The molecule has 2 heterocycles. The van der Waals surface area contributed by atoms with Gasteiger partial charge in [-0.3, -0.25) is 14.6 Å². The Morgan fingerprint density at radius 2 is 2.24 bits per heavy atom. The molecule has 2 rings (SSSR count). The van der Waals surface area contributed by atoms with Crippen molar-refractivity contribution in [1.29, 1.82) is 0 Å². The molecule has 1 aromatic heterocycles. The van der Waals surface area contributed by atoms with E-state index in [1.54, 1.807) is 0 Å². The van der Waals surface area contributed by atoms with Gasteiger partial charge in [-0.15, -0.1) is 0 Å². The van der Waals surface area contributed by atoms with Gasteiger partial charge in [0.15, 0.2) is 0 Å². The average Bonchev–Trinajstić information content (AvgIpc) is 2.93. The van der Waals surface area contributed by atoms with Crippen LogP contribution in [0.1, 0.15) is 23.7 Å². The Kier molecular flexibility index (Phi) is 4.85. The Bertz CT molecular complexity index is 537. The lowest BCUT2D eigenvalue weighted by molar-refractivity contribution is -0.142. The number of carbonyl (C=O) groups is 2. The highest BCUT2D eigenvalue weighted by Gasteiger charge is 2.40. The zero-order chi connectivity index (χ0) is 15.4. The van der Waals surface area contributed by atoms with Crippen LogP contribution in [0.5, 0.6) is 0 Å². The number of nitrogens with zero attached hydrogens (tertiary/aromatic N) is 2. The van der Waals surface area contributed by atoms with Crippen LogP contribution in [0.3, 0.4) is 0 Å². The van der Waals surface area contributed by atoms with Crippen LogP contribution in [0.2, 0.25) is 0 Å². The molecule has 0 aromatic carbocycles. The van der Waals surface area contributed by atoms with Gasteiger partial charge in [-0.05, 0) is 12.5 Å². The molecule has 0 radical (unpaired) electrons. The van der Waals surface area contributed by atoms with Crippen LogP contribution in [0.25, 0.3) is 0 Å². The number of aliphatic carboxylic acids is 1. The van der Waals surface area contributed by atoms with Crippen molar-refractivity contribution in [2.24, 2.45) is 5.92 Å². The zero-order valence-corrected chi connectivity index (χ0v) is 11.7. The molecule has 1 N–H and O–H groups in total. The Hall–Kier alpha value is -2.02. The highest BCUT2D eigenvalue weighted by atomic mass is 19.1. The van der Waals surface area contributed by atoms with Crippen LogP contribution in [-0.2, 0) is 9.53 Å². The molecule has 1 aromatic rings. The number of pyridine rings is 1. The number of ether oxygens (including phenoxy) is 1. The van der Waals surface area contributed by atoms with Crippen molar-refractivity contribution >= 4 is 11.9 Å². The van der Waals surface area contributed by atoms with Crippen LogP contribution in [-0.4, -0.2) is 52.7 Å². The SMILES string of the molecule is CCCN(C(=O)c1cncc(F)c1)C1COCC1C(=O)O. The number of carbonyl (C=O) groups excluding carboxylic acids is 1. The molecule has 1 amide bonds. The number of amides is 1. The Labute approximate surface area is 121 Å². The molecule has 1 aliphatic rings. The van der Waals surface area contributed by atoms with E-state index in [0.29, 0.717) is 13.0 Å². The van der Waals surface area contributed by atoms with Gasteiger partial charge in [0.1, 0.15) is 11.7 Å². The molecule has 6 nitrogen and oxygen atoms in total. The van der Waals surface area contributed by atoms with Gasteiger partial charge in [-0.2, -0.15) is 0 Å². The van der Waals surface area contributed by atoms with Crippen LogP contribution in [0.4, 0.5) is 4.39 Å². The van der Waals surface area contributed by atoms with Crippen LogP contribution in [0, 0.1) is 11.7 Å². The Morgan fingerprint density at radius 1 is 1.48 bits per heavy atom. The third-order valence-electron chi connectivity index (χ3n) is 3.45. The molecule has 1 aliphatic heterocycles. The summed E-state index contributed by atoms with van der Waals surface area (Å²) in [5.41, 5.74) is 0.111. The summed E-state index contributed by atoms with van der Waals surface area (Å²) < 4.78 is 18.4. The maximum atomic E-state index is 13.2. The van der Waals surface area contributed by atoms with Gasteiger partial charge in [-0.1, -0.05) is 6.92 Å². The van der Waals surface area contributed by atoms with Crippen molar-refractivity contribution in [3.63, 3.8) is 0 Å². The van der Waals surface area contributed by atoms with E-state index in [4.69, 9.17) is 4.74 Å². The molecule has 114 valence electrons. The number of hydrogen-bond acceptors (Lipinski definition) is 4. The second-order valence-electron chi connectivity index (χ2n) is 4.94. The summed E-state index contributed by atoms with van der Waals surface area (Å²) in [6, 6.07) is 0.557. The number of halogens is 1. The molecular formula is C14H17FN2O4. The van der Waals surface area contributed by atoms with E-state index in [1.165, 1.54) is 11.1 Å². The van der Waals surface area contributed by atoms with E-state index in [9.17, 15) is 19.1 Å². The minimum absolute atomic E-state index is 0.0783. The monoisotopic (exact) mass is 296 g/mol. The molecule has 0 spiro atoms. The Balaban J connectivity index is 2.26. The molecule has 0 bridgehead atoms. The van der Waals surface area contributed by atoms with Gasteiger partial charge in [0.2, 0.25) is 0 Å². The van der Waals surface area contributed by atoms with Crippen molar-refractivity contribution in [2.75, 3.05) is 19.8 Å². The van der Waals surface area contributed by atoms with Crippen molar-refractivity contribution < 1.29 is 23.8 Å². The fraction of sp³-hybridized carbons (Fsp3) is 0.500. The smallest absolute Gasteiger partial charge is 0.311 e. The lowest BCUT2D eigenvalue weighted by atomic mass is 10.0. The fourth-order valence-corrected chi connectivity index (χ4v) is 2.44. The molecule has 2 unspecified atom stereocenters. The summed E-state index contributed by atoms with van der Waals surface area (Å²) in [6.07, 6.45) is 2.96. The third-order valence-corrected chi connectivity index (χ3v) is 3.45. The van der Waals surface area contributed by atoms with Gasteiger partial charge < -0.3 is 14.7 Å². The van der Waals surface area contributed by atoms with Gasteiger partial charge in [0.25, 0.3) is 5.91 Å². The Morgan fingerprint density at radius 3 is 2.86 bits per heavy atom. The van der Waals surface area contributed by atoms with Crippen molar-refractivity contribution in [3.05, 3.63) is 29.8 Å². The summed E-state index contributed by atoms with van der Waals surface area (Å²) in [6.45, 7) is 2.52. The van der Waals surface area contributed by atoms with Gasteiger partial charge >= 0.3 is 5.97 Å². The van der Waals surface area contributed by atoms with Gasteiger partial charge in [0, 0.05) is 12.7 Å². The number of carboxylic acid groups (broad SMARTS) is 1. The van der Waals surface area contributed by atoms with Crippen molar-refractivity contribution in [3.8, 4) is 0 Å². The molecule has 1 saturated heterocycles. The number of hydrogen-bond donors (Lipinski definition) is 1. The highest BCUT2D eigenvalue weighted by molar-refractivity contribution is 5.94. The van der Waals surface area contributed by atoms with E-state index in [-0.39, 0.29) is 18.8 Å². The minimum Gasteiger partial charge on any atom is -0.481 e. The van der Waals surface area contributed by atoms with E-state index in [2.05, 4.69) is 4.98 Å². The molecule has 0 aliphatic carbocycles. The predicted octanol–water partition coefficient (Wildman–Crippen LogP) is 1.17. The summed E-state index contributed by atoms with van der Waals surface area (Å²) in [7, 11) is 0. The van der Waals surface area contributed by atoms with Crippen molar-refractivity contribution in [2.45, 2.75) is 19.4 Å². The maximum absolute atomic E-state index is 13.2. The van der Waals surface area contributed by atoms with Gasteiger partial charge in [0.05, 0.1) is 31.0 Å². The van der Waals surface area contributed by atoms with Crippen LogP contribution >= 0.6 is 0 Å². The summed E-state index contributed by atoms with van der Waals surface area (Å²) in [5.74, 6) is -2.79. The van der Waals surface area contributed by atoms with E-state index in [0.717, 1.165) is 12.3 Å². The van der Waals surface area contributed by atoms with Gasteiger partial charge in [-0.25, -0.2) is 4.39 Å². The van der Waals surface area contributed by atoms with E-state index < -0.39 is 29.7 Å². The maximum Gasteiger partial charge on any atom is 0.311 e. The molecule has 2 atom stereocenters. The molecule has 21 heavy (non-hydrogen) atoms. The average molecular weight is 296 g/mol. The lowest BCUT2D eigenvalue weighted by Gasteiger charge is -2.30. The first-order valence-corrected chi connectivity index (χ1v) is 6.76. The zero-order valence-electron chi connectivity index (χ0n) is 11.7. The normalized spacial score (nSPS) is 21.2. The standard InChI is InChI=1S/C14H17FN2O4/c1-2-3-17(12-8-21-7-11(12)14(19)20)13(18)9-4-10(15)6-16-5-9/h4-6,11-12H,2-3,7-8H2,1H3,(H,19,20). The lowest BCUT2D eigenvalue weighted by Crippen LogP contribution is -2.47. The fourth-order valence-electron chi connectivity index (χ4n) is 2.44. The van der Waals surface area contributed by atoms with E-state index in [1.807, 2.05) is 6.92 Å². The highest BCUT2D eigenvalue weighted by Crippen LogP contribution is 2.22. The topological polar surface area (TPSA) is 79.7 Å². The number of carboxylic acids is 1. The van der Waals surface area contributed by atoms with Crippen LogP contribution in [0.15, 0.2) is 18.5 Å². The molecule has 7 heteroatoms. The minimum atomic E-state index is -0.997. The second kappa shape index (κ2) is 6.62. The summed E-state index contributed by atoms with van der Waals surface area (Å²) in [4.78, 5) is 28.9. The first-order valence-electron chi connectivity index (χ1n) is 6.76. The number of rotatable bonds is 5. The van der Waals surface area contributed by atoms with Crippen LogP contribution < -0.4 is 0 Å². The molecule has 1 fully saturated rings. The summed E-state index contributed by atoms with van der Waals surface area (Å²) >= 11 is 0. The quantitative estimate of drug-likeness (QED) is 0.882. The summed E-state index contributed by atoms with van der Waals surface area (Å²) in [5, 5.41) is 9.21. The number of aromatic nitrogens is 1. The first-order chi connectivity index (χ1) is 10.0. The van der Waals surface area contributed by atoms with Crippen molar-refractivity contribution in [1.82, 2.24) is 9.88 Å². The predicted molar refractivity (Wildman–Crippen MR) is 71.3 cm³/mol. The third kappa shape index (κ3) is 3.36. The largest absolute Gasteiger partial charge is 0.481 e. The van der Waals surface area contributed by atoms with E-state index >= 15 is 0 Å².